The minimum atomic E-state index is -0.365. The van der Waals surface area contributed by atoms with E-state index in [9.17, 15) is 4.39 Å². The molecule has 1 N–H and O–H groups in total. The lowest BCUT2D eigenvalue weighted by molar-refractivity contribution is 0.148. The zero-order valence-electron chi connectivity index (χ0n) is 12.3. The maximum absolute atomic E-state index is 13.7. The van der Waals surface area contributed by atoms with Gasteiger partial charge in [0.1, 0.15) is 12.4 Å². The van der Waals surface area contributed by atoms with E-state index in [0.717, 1.165) is 48.3 Å². The van der Waals surface area contributed by atoms with Crippen LogP contribution in [0.3, 0.4) is 0 Å². The number of piperazine rings is 1. The summed E-state index contributed by atoms with van der Waals surface area (Å²) in [6.45, 7) is 3.25. The van der Waals surface area contributed by atoms with Gasteiger partial charge in [-0.2, -0.15) is 0 Å². The zero-order chi connectivity index (χ0) is 14.7. The van der Waals surface area contributed by atoms with Crippen LogP contribution in [0.15, 0.2) is 36.4 Å². The minimum Gasteiger partial charge on any atom is -0.496 e. The second kappa shape index (κ2) is 6.41. The molecule has 0 aliphatic carbocycles. The Kier molecular flexibility index (Phi) is 4.36. The first-order chi connectivity index (χ1) is 10.3. The van der Waals surface area contributed by atoms with Gasteiger partial charge in [0.2, 0.25) is 0 Å². The molecule has 0 saturated carbocycles. The summed E-state index contributed by atoms with van der Waals surface area (Å²) in [6.07, 6.45) is 0. The molecule has 3 nitrogen and oxygen atoms in total. The summed E-state index contributed by atoms with van der Waals surface area (Å²) in [6, 6.07) is 11.9. The van der Waals surface area contributed by atoms with E-state index in [2.05, 4.69) is 16.3 Å². The number of methoxy groups -OCH3 is 1. The van der Waals surface area contributed by atoms with Crippen LogP contribution in [-0.2, 0) is 0 Å². The second-order valence-corrected chi connectivity index (χ2v) is 5.36. The first-order valence-corrected chi connectivity index (χ1v) is 7.41. The van der Waals surface area contributed by atoms with E-state index in [4.69, 9.17) is 4.74 Å². The molecule has 1 fully saturated rings. The molecule has 4 heteroatoms. The highest BCUT2D eigenvalue weighted by atomic mass is 19.1. The average Bonchev–Trinajstić information content (AvgIpc) is 2.56. The number of nitrogens with zero attached hydrogens (tertiary/aromatic N) is 1. The highest BCUT2D eigenvalue weighted by molar-refractivity contribution is 5.91. The predicted octanol–water partition coefficient (Wildman–Crippen LogP) is 2.76. The van der Waals surface area contributed by atoms with Crippen LogP contribution in [0.5, 0.6) is 5.75 Å². The van der Waals surface area contributed by atoms with Crippen molar-refractivity contribution >= 4 is 10.8 Å². The average molecular weight is 288 g/mol. The fourth-order valence-electron chi connectivity index (χ4n) is 3.13. The van der Waals surface area contributed by atoms with Crippen LogP contribution < -0.4 is 10.1 Å². The lowest BCUT2D eigenvalue weighted by atomic mass is 9.97. The molecule has 3 rings (SSSR count). The number of ether oxygens (including phenoxy) is 1. The quantitative estimate of drug-likeness (QED) is 0.936. The van der Waals surface area contributed by atoms with Crippen LogP contribution in [0, 0.1) is 0 Å². The van der Waals surface area contributed by atoms with Crippen LogP contribution >= 0.6 is 0 Å². The molecule has 0 bridgehead atoms. The summed E-state index contributed by atoms with van der Waals surface area (Å²) in [5.74, 6) is 0.840. The minimum absolute atomic E-state index is 0.178. The Morgan fingerprint density at radius 3 is 2.52 bits per heavy atom. The normalized spacial score (nSPS) is 17.8. The topological polar surface area (TPSA) is 24.5 Å². The zero-order valence-corrected chi connectivity index (χ0v) is 12.3. The Morgan fingerprint density at radius 2 is 1.86 bits per heavy atom. The number of rotatable bonds is 4. The summed E-state index contributed by atoms with van der Waals surface area (Å²) in [7, 11) is 1.67. The molecule has 21 heavy (non-hydrogen) atoms. The van der Waals surface area contributed by atoms with E-state index in [1.54, 1.807) is 7.11 Å². The highest BCUT2D eigenvalue weighted by Gasteiger charge is 2.24. The molecule has 2 aromatic carbocycles. The van der Waals surface area contributed by atoms with Crippen molar-refractivity contribution in [3.8, 4) is 5.75 Å². The van der Waals surface area contributed by atoms with Gasteiger partial charge in [0, 0.05) is 31.6 Å². The third-order valence-electron chi connectivity index (χ3n) is 4.24. The first kappa shape index (κ1) is 14.3. The SMILES string of the molecule is COc1ccc([C@H](CF)N2CCNCC2)c2ccccc12. The summed E-state index contributed by atoms with van der Waals surface area (Å²) >= 11 is 0. The van der Waals surface area contributed by atoms with Crippen molar-refractivity contribution in [2.24, 2.45) is 0 Å². The van der Waals surface area contributed by atoms with Gasteiger partial charge in [-0.15, -0.1) is 0 Å². The molecule has 0 amide bonds. The predicted molar refractivity (Wildman–Crippen MR) is 83.7 cm³/mol. The fraction of sp³-hybridized carbons (Fsp3) is 0.412. The van der Waals surface area contributed by atoms with Gasteiger partial charge in [0.15, 0.2) is 0 Å². The fourth-order valence-corrected chi connectivity index (χ4v) is 3.13. The molecule has 1 heterocycles. The van der Waals surface area contributed by atoms with Crippen molar-refractivity contribution in [1.82, 2.24) is 10.2 Å². The highest BCUT2D eigenvalue weighted by Crippen LogP contribution is 2.34. The second-order valence-electron chi connectivity index (χ2n) is 5.36. The van der Waals surface area contributed by atoms with Crippen LogP contribution in [0.1, 0.15) is 11.6 Å². The number of hydrogen-bond donors (Lipinski definition) is 1. The monoisotopic (exact) mass is 288 g/mol. The molecule has 1 aliphatic rings. The largest absolute Gasteiger partial charge is 0.496 e. The Morgan fingerprint density at radius 1 is 1.14 bits per heavy atom. The van der Waals surface area contributed by atoms with E-state index in [-0.39, 0.29) is 12.7 Å². The summed E-state index contributed by atoms with van der Waals surface area (Å²) in [5, 5.41) is 5.45. The molecular weight excluding hydrogens is 267 g/mol. The van der Waals surface area contributed by atoms with E-state index in [1.807, 2.05) is 30.3 Å². The summed E-state index contributed by atoms with van der Waals surface area (Å²) < 4.78 is 19.2. The van der Waals surface area contributed by atoms with E-state index >= 15 is 0 Å². The molecule has 0 spiro atoms. The lowest BCUT2D eigenvalue weighted by Crippen LogP contribution is -2.45. The van der Waals surface area contributed by atoms with Crippen LogP contribution in [0.4, 0.5) is 4.39 Å². The Bertz CT molecular complexity index is 611. The smallest absolute Gasteiger partial charge is 0.126 e. The maximum atomic E-state index is 13.7. The van der Waals surface area contributed by atoms with Crippen LogP contribution in [-0.4, -0.2) is 44.9 Å². The van der Waals surface area contributed by atoms with Crippen molar-refractivity contribution in [2.45, 2.75) is 6.04 Å². The number of nitrogens with one attached hydrogen (secondary N) is 1. The van der Waals surface area contributed by atoms with Gasteiger partial charge >= 0.3 is 0 Å². The lowest BCUT2D eigenvalue weighted by Gasteiger charge is -2.34. The summed E-state index contributed by atoms with van der Waals surface area (Å²) in [5.41, 5.74) is 1.05. The third kappa shape index (κ3) is 2.74. The van der Waals surface area contributed by atoms with Crippen molar-refractivity contribution < 1.29 is 9.13 Å². The first-order valence-electron chi connectivity index (χ1n) is 7.41. The van der Waals surface area contributed by atoms with Crippen LogP contribution in [0.25, 0.3) is 10.8 Å². The van der Waals surface area contributed by atoms with Gasteiger partial charge in [0.25, 0.3) is 0 Å². The maximum Gasteiger partial charge on any atom is 0.126 e. The molecule has 112 valence electrons. The number of fused-ring (bicyclic) bond motifs is 1. The third-order valence-corrected chi connectivity index (χ3v) is 4.24. The van der Waals surface area contributed by atoms with Gasteiger partial charge in [-0.1, -0.05) is 30.3 Å². The molecule has 0 aromatic heterocycles. The number of benzene rings is 2. The van der Waals surface area contributed by atoms with Gasteiger partial charge in [-0.3, -0.25) is 4.90 Å². The number of halogens is 1. The van der Waals surface area contributed by atoms with E-state index in [1.165, 1.54) is 0 Å². The molecule has 2 aromatic rings. The molecule has 0 unspecified atom stereocenters. The van der Waals surface area contributed by atoms with Crippen molar-refractivity contribution in [3.63, 3.8) is 0 Å². The van der Waals surface area contributed by atoms with Crippen molar-refractivity contribution in [3.05, 3.63) is 42.0 Å². The van der Waals surface area contributed by atoms with E-state index < -0.39 is 0 Å². The molecule has 1 aliphatic heterocycles. The van der Waals surface area contributed by atoms with Gasteiger partial charge in [0.05, 0.1) is 13.2 Å². The van der Waals surface area contributed by atoms with Crippen LogP contribution in [0.2, 0.25) is 0 Å². The Hall–Kier alpha value is -1.65. The molecule has 0 radical (unpaired) electrons. The Labute approximate surface area is 124 Å². The molecular formula is C17H21FN2O. The molecule has 1 atom stereocenters. The number of alkyl halides is 1. The standard InChI is InChI=1S/C17H21FN2O/c1-21-17-7-6-14(13-4-2-3-5-15(13)17)16(12-18)20-10-8-19-9-11-20/h2-7,16,19H,8-12H2,1H3/t16-/m0/s1. The van der Waals surface area contributed by atoms with E-state index in [0.29, 0.717) is 0 Å². The van der Waals surface area contributed by atoms with Crippen molar-refractivity contribution in [2.75, 3.05) is 40.0 Å². The van der Waals surface area contributed by atoms with Gasteiger partial charge < -0.3 is 10.1 Å². The van der Waals surface area contributed by atoms with Gasteiger partial charge in [-0.25, -0.2) is 4.39 Å². The van der Waals surface area contributed by atoms with Gasteiger partial charge in [-0.05, 0) is 17.0 Å². The Balaban J connectivity index is 2.05. The molecule has 1 saturated heterocycles. The number of hydrogen-bond acceptors (Lipinski definition) is 3. The summed E-state index contributed by atoms with van der Waals surface area (Å²) in [4.78, 5) is 2.23. The van der Waals surface area contributed by atoms with Crippen molar-refractivity contribution in [1.29, 1.82) is 0 Å².